The number of benzene rings is 1. The molecule has 1 aromatic carbocycles. The van der Waals surface area contributed by atoms with Crippen LogP contribution in [0.4, 0.5) is 0 Å². The number of pyridine rings is 1. The molecule has 0 bridgehead atoms. The third kappa shape index (κ3) is 3.22. The second-order valence-electron chi connectivity index (χ2n) is 6.68. The summed E-state index contributed by atoms with van der Waals surface area (Å²) in [6.07, 6.45) is 1.75. The Hall–Kier alpha value is -1.75. The third-order valence-electron chi connectivity index (χ3n) is 4.77. The molecule has 24 heavy (non-hydrogen) atoms. The van der Waals surface area contributed by atoms with Gasteiger partial charge in [-0.2, -0.15) is 0 Å². The predicted octanol–water partition coefficient (Wildman–Crippen LogP) is 2.67. The SMILES string of the molecule is CC(C)C(N1CCOCC1)C(O)(c1ccccc1)c1ccccn1. The number of ether oxygens (including phenoxy) is 1. The van der Waals surface area contributed by atoms with Gasteiger partial charge < -0.3 is 9.84 Å². The molecule has 2 heterocycles. The molecule has 4 nitrogen and oxygen atoms in total. The van der Waals surface area contributed by atoms with E-state index in [0.29, 0.717) is 18.9 Å². The molecule has 2 unspecified atom stereocenters. The number of aromatic nitrogens is 1. The second-order valence-corrected chi connectivity index (χ2v) is 6.68. The van der Waals surface area contributed by atoms with Gasteiger partial charge in [0, 0.05) is 19.3 Å². The van der Waals surface area contributed by atoms with Gasteiger partial charge >= 0.3 is 0 Å². The maximum absolute atomic E-state index is 12.0. The summed E-state index contributed by atoms with van der Waals surface area (Å²) in [5.74, 6) is 0.260. The van der Waals surface area contributed by atoms with Crippen LogP contribution in [-0.4, -0.2) is 47.3 Å². The first-order chi connectivity index (χ1) is 11.6. The molecule has 0 spiro atoms. The first kappa shape index (κ1) is 17.1. The minimum Gasteiger partial charge on any atom is -0.379 e. The Morgan fingerprint density at radius 3 is 2.29 bits per heavy atom. The maximum Gasteiger partial charge on any atom is 0.147 e. The predicted molar refractivity (Wildman–Crippen MR) is 94.7 cm³/mol. The van der Waals surface area contributed by atoms with Crippen molar-refractivity contribution >= 4 is 0 Å². The van der Waals surface area contributed by atoms with Crippen LogP contribution >= 0.6 is 0 Å². The first-order valence-corrected chi connectivity index (χ1v) is 8.65. The molecule has 2 atom stereocenters. The summed E-state index contributed by atoms with van der Waals surface area (Å²) in [4.78, 5) is 6.86. The Kier molecular flexibility index (Phi) is 5.29. The highest BCUT2D eigenvalue weighted by Gasteiger charge is 2.46. The van der Waals surface area contributed by atoms with Crippen LogP contribution in [0.1, 0.15) is 25.1 Å². The van der Waals surface area contributed by atoms with Gasteiger partial charge in [-0.1, -0.05) is 50.2 Å². The Morgan fingerprint density at radius 2 is 1.71 bits per heavy atom. The summed E-state index contributed by atoms with van der Waals surface area (Å²) >= 11 is 0. The topological polar surface area (TPSA) is 45.6 Å². The number of aliphatic hydroxyl groups is 1. The van der Waals surface area contributed by atoms with Gasteiger partial charge in [0.05, 0.1) is 24.9 Å². The largest absolute Gasteiger partial charge is 0.379 e. The zero-order valence-electron chi connectivity index (χ0n) is 14.4. The summed E-state index contributed by atoms with van der Waals surface area (Å²) in [5, 5.41) is 12.0. The van der Waals surface area contributed by atoms with Gasteiger partial charge in [0.1, 0.15) is 5.60 Å². The maximum atomic E-state index is 12.0. The number of rotatable bonds is 5. The smallest absolute Gasteiger partial charge is 0.147 e. The van der Waals surface area contributed by atoms with Crippen LogP contribution in [0.15, 0.2) is 54.7 Å². The van der Waals surface area contributed by atoms with Gasteiger partial charge in [0.15, 0.2) is 0 Å². The molecule has 0 amide bonds. The number of morpholine rings is 1. The van der Waals surface area contributed by atoms with E-state index >= 15 is 0 Å². The van der Waals surface area contributed by atoms with Crippen LogP contribution in [0.25, 0.3) is 0 Å². The molecule has 0 saturated carbocycles. The van der Waals surface area contributed by atoms with Crippen LogP contribution in [0.2, 0.25) is 0 Å². The van der Waals surface area contributed by atoms with E-state index in [4.69, 9.17) is 4.74 Å². The lowest BCUT2D eigenvalue weighted by atomic mass is 9.77. The van der Waals surface area contributed by atoms with Gasteiger partial charge in [-0.15, -0.1) is 0 Å². The van der Waals surface area contributed by atoms with Crippen molar-refractivity contribution in [2.45, 2.75) is 25.5 Å². The minimum absolute atomic E-state index is 0.0706. The van der Waals surface area contributed by atoms with E-state index in [1.165, 1.54) is 0 Å². The van der Waals surface area contributed by atoms with E-state index < -0.39 is 5.60 Å². The van der Waals surface area contributed by atoms with Crippen molar-refractivity contribution in [3.8, 4) is 0 Å². The van der Waals surface area contributed by atoms with Crippen LogP contribution in [0, 0.1) is 5.92 Å². The van der Waals surface area contributed by atoms with Crippen molar-refractivity contribution in [1.29, 1.82) is 0 Å². The lowest BCUT2D eigenvalue weighted by molar-refractivity contribution is -0.0779. The van der Waals surface area contributed by atoms with E-state index in [0.717, 1.165) is 18.7 Å². The number of hydrogen-bond acceptors (Lipinski definition) is 4. The van der Waals surface area contributed by atoms with Gasteiger partial charge in [-0.3, -0.25) is 9.88 Å². The van der Waals surface area contributed by atoms with Gasteiger partial charge in [0.2, 0.25) is 0 Å². The molecule has 2 aromatic rings. The molecular formula is C20H26N2O2. The van der Waals surface area contributed by atoms with E-state index in [-0.39, 0.29) is 12.0 Å². The fraction of sp³-hybridized carbons (Fsp3) is 0.450. The Morgan fingerprint density at radius 1 is 1.04 bits per heavy atom. The highest BCUT2D eigenvalue weighted by atomic mass is 16.5. The fourth-order valence-corrected chi connectivity index (χ4v) is 3.77. The molecule has 3 rings (SSSR count). The normalized spacial score (nSPS) is 19.8. The molecule has 128 valence electrons. The zero-order chi connectivity index (χ0) is 17.0. The minimum atomic E-state index is -1.16. The van der Waals surface area contributed by atoms with Gasteiger partial charge in [-0.05, 0) is 23.6 Å². The molecular weight excluding hydrogens is 300 g/mol. The third-order valence-corrected chi connectivity index (χ3v) is 4.77. The first-order valence-electron chi connectivity index (χ1n) is 8.65. The molecule has 1 aliphatic rings. The summed E-state index contributed by atoms with van der Waals surface area (Å²) in [7, 11) is 0. The molecule has 1 aromatic heterocycles. The average molecular weight is 326 g/mol. The quantitative estimate of drug-likeness (QED) is 0.917. The molecule has 1 N–H and O–H groups in total. The number of nitrogens with zero attached hydrogens (tertiary/aromatic N) is 2. The summed E-state index contributed by atoms with van der Waals surface area (Å²) in [6.45, 7) is 7.39. The molecule has 4 heteroatoms. The van der Waals surface area contributed by atoms with Gasteiger partial charge in [0.25, 0.3) is 0 Å². The Labute approximate surface area is 144 Å². The highest BCUT2D eigenvalue weighted by molar-refractivity contribution is 5.35. The Balaban J connectivity index is 2.12. The van der Waals surface area contributed by atoms with Crippen LogP contribution in [0.3, 0.4) is 0 Å². The van der Waals surface area contributed by atoms with Crippen molar-refractivity contribution < 1.29 is 9.84 Å². The van der Waals surface area contributed by atoms with Crippen LogP contribution in [-0.2, 0) is 10.3 Å². The summed E-state index contributed by atoms with van der Waals surface area (Å²) < 4.78 is 5.51. The molecule has 0 radical (unpaired) electrons. The standard InChI is InChI=1S/C20H26N2O2/c1-16(2)19(22-12-14-24-15-13-22)20(23,17-8-4-3-5-9-17)18-10-6-7-11-21-18/h3-11,16,19,23H,12-15H2,1-2H3. The van der Waals surface area contributed by atoms with Crippen LogP contribution < -0.4 is 0 Å². The van der Waals surface area contributed by atoms with E-state index in [1.54, 1.807) is 6.20 Å². The molecule has 1 fully saturated rings. The summed E-state index contributed by atoms with van der Waals surface area (Å²) in [5.41, 5.74) is 0.420. The lowest BCUT2D eigenvalue weighted by Gasteiger charge is -2.46. The molecule has 1 saturated heterocycles. The van der Waals surface area contributed by atoms with Gasteiger partial charge in [-0.25, -0.2) is 0 Å². The second kappa shape index (κ2) is 7.43. The van der Waals surface area contributed by atoms with Crippen molar-refractivity contribution in [2.75, 3.05) is 26.3 Å². The lowest BCUT2D eigenvalue weighted by Crippen LogP contribution is -2.57. The number of hydrogen-bond donors (Lipinski definition) is 1. The van der Waals surface area contributed by atoms with Crippen molar-refractivity contribution in [3.05, 3.63) is 66.0 Å². The van der Waals surface area contributed by atoms with E-state index in [2.05, 4.69) is 23.7 Å². The average Bonchev–Trinajstić information content (AvgIpc) is 2.64. The summed E-state index contributed by atoms with van der Waals surface area (Å²) in [6, 6.07) is 15.6. The highest BCUT2D eigenvalue weighted by Crippen LogP contribution is 2.38. The van der Waals surface area contributed by atoms with Crippen molar-refractivity contribution in [3.63, 3.8) is 0 Å². The van der Waals surface area contributed by atoms with Crippen molar-refractivity contribution in [2.24, 2.45) is 5.92 Å². The van der Waals surface area contributed by atoms with E-state index in [1.807, 2.05) is 48.5 Å². The monoisotopic (exact) mass is 326 g/mol. The van der Waals surface area contributed by atoms with E-state index in [9.17, 15) is 5.11 Å². The van der Waals surface area contributed by atoms with Crippen molar-refractivity contribution in [1.82, 2.24) is 9.88 Å². The Bertz CT molecular complexity index is 585. The molecule has 0 aliphatic carbocycles. The fourth-order valence-electron chi connectivity index (χ4n) is 3.77. The van der Waals surface area contributed by atoms with Crippen LogP contribution in [0.5, 0.6) is 0 Å². The zero-order valence-corrected chi connectivity index (χ0v) is 14.4. The molecule has 1 aliphatic heterocycles.